The van der Waals surface area contributed by atoms with Gasteiger partial charge in [-0.25, -0.2) is 13.4 Å². The lowest BCUT2D eigenvalue weighted by Gasteiger charge is -2.09. The molecule has 3 aromatic rings. The van der Waals surface area contributed by atoms with Crippen LogP contribution in [0.4, 0.5) is 18.9 Å². The molecule has 0 saturated heterocycles. The predicted octanol–water partition coefficient (Wildman–Crippen LogP) is 4.26. The quantitative estimate of drug-likeness (QED) is 0.712. The summed E-state index contributed by atoms with van der Waals surface area (Å²) in [5.41, 5.74) is 0.669. The number of hydrogen-bond acceptors (Lipinski definition) is 5. The van der Waals surface area contributed by atoms with Gasteiger partial charge in [-0.3, -0.25) is 9.71 Å². The van der Waals surface area contributed by atoms with Gasteiger partial charge < -0.3 is 0 Å². The number of hydrogen-bond donors (Lipinski definition) is 1. The first-order valence-electron chi connectivity index (χ1n) is 7.19. The number of alkyl halides is 3. The summed E-state index contributed by atoms with van der Waals surface area (Å²) in [5.74, 6) is 0. The highest BCUT2D eigenvalue weighted by Crippen LogP contribution is 2.38. The van der Waals surface area contributed by atoms with Gasteiger partial charge in [0.2, 0.25) is 10.0 Å². The lowest BCUT2D eigenvalue weighted by Crippen LogP contribution is -2.09. The van der Waals surface area contributed by atoms with E-state index in [0.29, 0.717) is 16.9 Å². The van der Waals surface area contributed by atoms with E-state index in [1.165, 1.54) is 0 Å². The molecule has 0 aliphatic carbocycles. The largest absolute Gasteiger partial charge is 0.417 e. The molecule has 2 heterocycles. The molecule has 0 bridgehead atoms. The van der Waals surface area contributed by atoms with E-state index in [9.17, 15) is 21.6 Å². The number of nitrogens with zero attached hydrogens (tertiary/aromatic N) is 2. The van der Waals surface area contributed by atoms with Gasteiger partial charge in [0.1, 0.15) is 5.01 Å². The molecule has 5 nitrogen and oxygen atoms in total. The van der Waals surface area contributed by atoms with Crippen LogP contribution in [0.2, 0.25) is 0 Å². The Bertz CT molecular complexity index is 1030. The number of benzene rings is 1. The standard InChI is InChI=1S/C16H12F3N3O2S2/c1-26(23,24)22-11-4-2-10(3-5-11)14-9-25-15(21-14)12-8-20-7-6-13(12)16(17,18)19/h2-9,22H,1H3. The zero-order chi connectivity index (χ0) is 18.9. The third kappa shape index (κ3) is 4.20. The van der Waals surface area contributed by atoms with Gasteiger partial charge >= 0.3 is 6.18 Å². The molecule has 0 atom stereocenters. The van der Waals surface area contributed by atoms with Crippen LogP contribution in [0.15, 0.2) is 48.1 Å². The summed E-state index contributed by atoms with van der Waals surface area (Å²) in [4.78, 5) is 8.03. The Morgan fingerprint density at radius 3 is 2.42 bits per heavy atom. The van der Waals surface area contributed by atoms with Crippen molar-refractivity contribution in [2.45, 2.75) is 6.18 Å². The third-order valence-corrected chi connectivity index (χ3v) is 4.83. The van der Waals surface area contributed by atoms with Crippen LogP contribution in [-0.2, 0) is 16.2 Å². The first-order valence-corrected chi connectivity index (χ1v) is 9.96. The summed E-state index contributed by atoms with van der Waals surface area (Å²) in [6, 6.07) is 7.31. The maximum atomic E-state index is 13.1. The maximum absolute atomic E-state index is 13.1. The lowest BCUT2D eigenvalue weighted by atomic mass is 10.1. The van der Waals surface area contributed by atoms with Crippen LogP contribution in [0.5, 0.6) is 0 Å². The summed E-state index contributed by atoms with van der Waals surface area (Å²) in [5, 5.41) is 1.85. The van der Waals surface area contributed by atoms with Crippen LogP contribution in [0.25, 0.3) is 21.8 Å². The molecule has 26 heavy (non-hydrogen) atoms. The molecule has 10 heteroatoms. The molecule has 1 aromatic carbocycles. The topological polar surface area (TPSA) is 72.0 Å². The number of nitrogens with one attached hydrogen (secondary N) is 1. The number of pyridine rings is 1. The van der Waals surface area contributed by atoms with Crippen molar-refractivity contribution in [2.24, 2.45) is 0 Å². The summed E-state index contributed by atoms with van der Waals surface area (Å²) >= 11 is 1.08. The van der Waals surface area contributed by atoms with Gasteiger partial charge in [0.25, 0.3) is 0 Å². The normalized spacial score (nSPS) is 12.2. The molecular weight excluding hydrogens is 387 g/mol. The van der Waals surface area contributed by atoms with Crippen molar-refractivity contribution < 1.29 is 21.6 Å². The molecule has 1 N–H and O–H groups in total. The van der Waals surface area contributed by atoms with E-state index in [-0.39, 0.29) is 10.6 Å². The Morgan fingerprint density at radius 1 is 1.12 bits per heavy atom. The van der Waals surface area contributed by atoms with Gasteiger partial charge in [0, 0.05) is 34.6 Å². The Labute approximate surface area is 151 Å². The fourth-order valence-electron chi connectivity index (χ4n) is 2.27. The molecule has 0 aliphatic rings. The second-order valence-corrected chi connectivity index (χ2v) is 8.02. The van der Waals surface area contributed by atoms with E-state index in [4.69, 9.17) is 0 Å². The molecule has 136 valence electrons. The minimum atomic E-state index is -4.50. The average molecular weight is 399 g/mol. The van der Waals surface area contributed by atoms with E-state index in [1.807, 2.05) is 0 Å². The van der Waals surface area contributed by atoms with Gasteiger partial charge in [-0.15, -0.1) is 11.3 Å². The molecule has 2 aromatic heterocycles. The van der Waals surface area contributed by atoms with Crippen molar-refractivity contribution in [3.8, 4) is 21.8 Å². The number of anilines is 1. The van der Waals surface area contributed by atoms with Crippen molar-refractivity contribution >= 4 is 27.0 Å². The highest BCUT2D eigenvalue weighted by atomic mass is 32.2. The number of halogens is 3. The molecule has 0 spiro atoms. The van der Waals surface area contributed by atoms with Gasteiger partial charge in [-0.05, 0) is 18.2 Å². The fourth-order valence-corrected chi connectivity index (χ4v) is 3.68. The number of thiazole rings is 1. The van der Waals surface area contributed by atoms with E-state index in [0.717, 1.165) is 36.1 Å². The van der Waals surface area contributed by atoms with E-state index in [1.54, 1.807) is 29.6 Å². The number of sulfonamides is 1. The van der Waals surface area contributed by atoms with Crippen LogP contribution in [0.3, 0.4) is 0 Å². The Morgan fingerprint density at radius 2 is 1.81 bits per heavy atom. The average Bonchev–Trinajstić information content (AvgIpc) is 3.03. The van der Waals surface area contributed by atoms with Crippen molar-refractivity contribution in [1.29, 1.82) is 0 Å². The van der Waals surface area contributed by atoms with Gasteiger partial charge in [-0.2, -0.15) is 13.2 Å². The van der Waals surface area contributed by atoms with Crippen LogP contribution in [-0.4, -0.2) is 24.6 Å². The minimum absolute atomic E-state index is 0.0772. The van der Waals surface area contributed by atoms with Crippen molar-refractivity contribution in [1.82, 2.24) is 9.97 Å². The molecule has 0 amide bonds. The highest BCUT2D eigenvalue weighted by Gasteiger charge is 2.34. The Balaban J connectivity index is 1.92. The van der Waals surface area contributed by atoms with Gasteiger partial charge in [-0.1, -0.05) is 12.1 Å². The fraction of sp³-hybridized carbons (Fsp3) is 0.125. The monoisotopic (exact) mass is 399 g/mol. The summed E-state index contributed by atoms with van der Waals surface area (Å²) in [6.07, 6.45) is -1.22. The van der Waals surface area contributed by atoms with Crippen LogP contribution >= 0.6 is 11.3 Å². The molecular formula is C16H12F3N3O2S2. The second-order valence-electron chi connectivity index (χ2n) is 5.41. The first-order chi connectivity index (χ1) is 12.1. The van der Waals surface area contributed by atoms with Crippen LogP contribution in [0.1, 0.15) is 5.56 Å². The first kappa shape index (κ1) is 18.3. The van der Waals surface area contributed by atoms with E-state index in [2.05, 4.69) is 14.7 Å². The Hall–Kier alpha value is -2.46. The molecule has 0 aliphatic heterocycles. The number of aromatic nitrogens is 2. The second kappa shape index (κ2) is 6.69. The zero-order valence-electron chi connectivity index (χ0n) is 13.3. The summed E-state index contributed by atoms with van der Waals surface area (Å²) < 4.78 is 64.2. The third-order valence-electron chi connectivity index (χ3n) is 3.34. The molecule has 0 unspecified atom stereocenters. The van der Waals surface area contributed by atoms with Gasteiger partial charge in [0.05, 0.1) is 17.5 Å². The lowest BCUT2D eigenvalue weighted by molar-refractivity contribution is -0.137. The minimum Gasteiger partial charge on any atom is -0.284 e. The number of rotatable bonds is 4. The molecule has 0 radical (unpaired) electrons. The summed E-state index contributed by atoms with van der Waals surface area (Å²) in [6.45, 7) is 0. The maximum Gasteiger partial charge on any atom is 0.417 e. The smallest absolute Gasteiger partial charge is 0.284 e. The van der Waals surface area contributed by atoms with E-state index < -0.39 is 21.8 Å². The molecule has 3 rings (SSSR count). The van der Waals surface area contributed by atoms with Crippen molar-refractivity contribution in [2.75, 3.05) is 11.0 Å². The van der Waals surface area contributed by atoms with Crippen molar-refractivity contribution in [3.63, 3.8) is 0 Å². The van der Waals surface area contributed by atoms with Crippen LogP contribution < -0.4 is 4.72 Å². The van der Waals surface area contributed by atoms with Crippen LogP contribution in [0, 0.1) is 0 Å². The zero-order valence-corrected chi connectivity index (χ0v) is 14.9. The molecule has 0 fully saturated rings. The van der Waals surface area contributed by atoms with Gasteiger partial charge in [0.15, 0.2) is 0 Å². The SMILES string of the molecule is CS(=O)(=O)Nc1ccc(-c2csc(-c3cnccc3C(F)(F)F)n2)cc1. The summed E-state index contributed by atoms with van der Waals surface area (Å²) in [7, 11) is -3.38. The van der Waals surface area contributed by atoms with E-state index >= 15 is 0 Å². The molecule has 0 saturated carbocycles. The predicted molar refractivity (Wildman–Crippen MR) is 94.2 cm³/mol. The highest BCUT2D eigenvalue weighted by molar-refractivity contribution is 7.92. The Kier molecular flexibility index (Phi) is 4.72. The van der Waals surface area contributed by atoms with Crippen molar-refractivity contribution in [3.05, 3.63) is 53.7 Å².